The summed E-state index contributed by atoms with van der Waals surface area (Å²) in [6.45, 7) is 6.82. The van der Waals surface area contributed by atoms with Crippen LogP contribution in [0.2, 0.25) is 0 Å². The van der Waals surface area contributed by atoms with Gasteiger partial charge in [0, 0.05) is 12.8 Å². The van der Waals surface area contributed by atoms with Crippen LogP contribution in [0.1, 0.15) is 323 Å². The van der Waals surface area contributed by atoms with Crippen molar-refractivity contribution in [3.05, 3.63) is 60.8 Å². The Morgan fingerprint density at radius 1 is 0.438 bits per heavy atom. The molecule has 0 radical (unpaired) electrons. The molecule has 0 aliphatic carbocycles. The van der Waals surface area contributed by atoms with Crippen LogP contribution in [-0.4, -0.2) is 69.4 Å². The zero-order chi connectivity index (χ0) is 58.6. The van der Waals surface area contributed by atoms with Crippen LogP contribution < -0.4 is 10.2 Å². The van der Waals surface area contributed by atoms with Crippen molar-refractivity contribution in [2.45, 2.75) is 335 Å². The minimum absolute atomic E-state index is 0.0271. The topological polar surface area (TPSA) is 114 Å². The largest absolute Gasteiger partial charge is 0.756 e. The number of ether oxygens (including phenoxy) is 1. The van der Waals surface area contributed by atoms with Gasteiger partial charge in [-0.3, -0.25) is 14.2 Å². The van der Waals surface area contributed by atoms with Crippen LogP contribution in [0.25, 0.3) is 0 Å². The van der Waals surface area contributed by atoms with Crippen molar-refractivity contribution < 1.29 is 37.3 Å². The van der Waals surface area contributed by atoms with Gasteiger partial charge >= 0.3 is 5.97 Å². The minimum atomic E-state index is -4.71. The molecule has 10 heteroatoms. The molecule has 468 valence electrons. The lowest BCUT2D eigenvalue weighted by molar-refractivity contribution is -0.870. The van der Waals surface area contributed by atoms with Gasteiger partial charge in [-0.05, 0) is 96.0 Å². The molecular formula is C70H131N2O7P. The molecule has 0 saturated heterocycles. The van der Waals surface area contributed by atoms with Crippen molar-refractivity contribution >= 4 is 19.7 Å². The van der Waals surface area contributed by atoms with E-state index >= 15 is 0 Å². The number of quaternary nitrogens is 1. The summed E-state index contributed by atoms with van der Waals surface area (Å²) in [6.07, 6.45) is 76.3. The molecule has 0 spiro atoms. The molecule has 0 fully saturated rings. The van der Waals surface area contributed by atoms with E-state index in [9.17, 15) is 19.0 Å². The maximum Gasteiger partial charge on any atom is 0.306 e. The van der Waals surface area contributed by atoms with Gasteiger partial charge in [-0.1, -0.05) is 275 Å². The molecule has 0 aliphatic rings. The van der Waals surface area contributed by atoms with E-state index in [1.807, 2.05) is 33.3 Å². The number of carbonyl (C=O) groups excluding carboxylic acids is 2. The number of esters is 1. The van der Waals surface area contributed by atoms with Crippen LogP contribution >= 0.6 is 7.82 Å². The number of nitrogens with zero attached hydrogens (tertiary/aromatic N) is 1. The smallest absolute Gasteiger partial charge is 0.306 e. The number of phosphoric ester groups is 1. The standard InChI is InChI=1S/C70H131N2O7P/c1-7-10-13-16-19-22-25-28-30-32-33-34-35-36-37-38-39-41-43-45-48-51-54-57-60-63-70(74)79-68(61-58-55-52-49-46-27-24-21-18-15-12-9-3)67(66-78-80(75,76)77-65-64-72(4,5)6)71-69(73)62-59-56-53-50-47-44-42-40-31-29-26-23-20-17-14-11-8-2/h20,23,28-31,42,44,58,61,67-68H,7-19,21-22,24-27,32-41,43,45-57,59-60,62-66H2,1-6H3,(H-,71,73,75,76)/b23-20-,30-28+,31-29-,44-42-,61-58-. The van der Waals surface area contributed by atoms with Crippen LogP contribution in [0.3, 0.4) is 0 Å². The lowest BCUT2D eigenvalue weighted by Gasteiger charge is -2.30. The summed E-state index contributed by atoms with van der Waals surface area (Å²) in [6, 6.07) is -0.900. The molecule has 9 nitrogen and oxygen atoms in total. The first kappa shape index (κ1) is 77.7. The Balaban J connectivity index is 5.10. The summed E-state index contributed by atoms with van der Waals surface area (Å²) >= 11 is 0. The Morgan fingerprint density at radius 3 is 1.18 bits per heavy atom. The zero-order valence-corrected chi connectivity index (χ0v) is 54.4. The second kappa shape index (κ2) is 59.9. The summed E-state index contributed by atoms with van der Waals surface area (Å²) in [7, 11) is 1.17. The Labute approximate surface area is 496 Å². The normalized spacial score (nSPS) is 13.9. The third kappa shape index (κ3) is 60.3. The van der Waals surface area contributed by atoms with Gasteiger partial charge in [0.05, 0.1) is 33.8 Å². The molecule has 3 atom stereocenters. The van der Waals surface area contributed by atoms with Crippen molar-refractivity contribution in [2.75, 3.05) is 40.9 Å². The fraction of sp³-hybridized carbons (Fsp3) is 0.829. The highest BCUT2D eigenvalue weighted by Gasteiger charge is 2.27. The van der Waals surface area contributed by atoms with E-state index in [0.29, 0.717) is 23.9 Å². The van der Waals surface area contributed by atoms with Crippen molar-refractivity contribution in [3.8, 4) is 0 Å². The number of allylic oxidation sites excluding steroid dienone is 9. The van der Waals surface area contributed by atoms with Gasteiger partial charge in [0.15, 0.2) is 0 Å². The summed E-state index contributed by atoms with van der Waals surface area (Å²) in [4.78, 5) is 40.1. The van der Waals surface area contributed by atoms with E-state index in [1.165, 1.54) is 205 Å². The van der Waals surface area contributed by atoms with E-state index < -0.39 is 26.6 Å². The molecule has 0 saturated carbocycles. The predicted octanol–water partition coefficient (Wildman–Crippen LogP) is 20.8. The number of hydrogen-bond donors (Lipinski definition) is 1. The van der Waals surface area contributed by atoms with E-state index in [2.05, 4.69) is 74.7 Å². The predicted molar refractivity (Wildman–Crippen MR) is 344 cm³/mol. The van der Waals surface area contributed by atoms with Crippen LogP contribution in [0, 0.1) is 0 Å². The number of phosphoric acid groups is 1. The Hall–Kier alpha value is -2.29. The molecule has 0 aromatic carbocycles. The lowest BCUT2D eigenvalue weighted by Crippen LogP contribution is -2.47. The molecule has 0 heterocycles. The average Bonchev–Trinajstić information content (AvgIpc) is 3.42. The van der Waals surface area contributed by atoms with Gasteiger partial charge in [-0.2, -0.15) is 0 Å². The Kier molecular flexibility index (Phi) is 58.1. The van der Waals surface area contributed by atoms with Gasteiger partial charge in [0.1, 0.15) is 19.3 Å². The highest BCUT2D eigenvalue weighted by Crippen LogP contribution is 2.38. The number of nitrogens with one attached hydrogen (secondary N) is 1. The van der Waals surface area contributed by atoms with Crippen LogP contribution in [0.5, 0.6) is 0 Å². The summed E-state index contributed by atoms with van der Waals surface area (Å²) in [5.74, 6) is -0.556. The van der Waals surface area contributed by atoms with Crippen LogP contribution in [-0.2, 0) is 27.9 Å². The first-order chi connectivity index (χ1) is 38.9. The molecule has 1 N–H and O–H groups in total. The molecule has 0 aromatic rings. The molecular weight excluding hydrogens is 1010 g/mol. The Bertz CT molecular complexity index is 1550. The molecule has 0 rings (SSSR count). The molecule has 0 aromatic heterocycles. The number of rotatable bonds is 62. The SMILES string of the molecule is CCCCC/C=C\C/C=C\C/C=C\CCCCCCC(=O)NC(COP(=O)([O-])OCC[N+](C)(C)C)C(/C=C\CCCCCCCCCCCC)OC(=O)CCCCCCCCCCCCCCCCC/C=C/CCCCCCCC. The first-order valence-electron chi connectivity index (χ1n) is 34.1. The van der Waals surface area contributed by atoms with Gasteiger partial charge in [0.25, 0.3) is 7.82 Å². The van der Waals surface area contributed by atoms with E-state index in [1.54, 1.807) is 0 Å². The molecule has 0 aliphatic heterocycles. The van der Waals surface area contributed by atoms with Crippen molar-refractivity contribution in [1.82, 2.24) is 5.32 Å². The number of amides is 1. The molecule has 1 amide bonds. The zero-order valence-electron chi connectivity index (χ0n) is 53.5. The monoisotopic (exact) mass is 1140 g/mol. The number of likely N-dealkylation sites (N-methyl/N-ethyl adjacent to an activating group) is 1. The van der Waals surface area contributed by atoms with Crippen molar-refractivity contribution in [3.63, 3.8) is 0 Å². The number of carbonyl (C=O) groups is 2. The van der Waals surface area contributed by atoms with Crippen molar-refractivity contribution in [1.29, 1.82) is 0 Å². The maximum atomic E-state index is 13.5. The van der Waals surface area contributed by atoms with Gasteiger partial charge < -0.3 is 28.5 Å². The van der Waals surface area contributed by atoms with Gasteiger partial charge in [-0.25, -0.2) is 0 Å². The lowest BCUT2D eigenvalue weighted by atomic mass is 10.0. The van der Waals surface area contributed by atoms with E-state index in [4.69, 9.17) is 13.8 Å². The summed E-state index contributed by atoms with van der Waals surface area (Å²) in [5.41, 5.74) is 0. The second-order valence-corrected chi connectivity index (χ2v) is 25.7. The number of unbranched alkanes of at least 4 members (excludes halogenated alkanes) is 38. The first-order valence-corrected chi connectivity index (χ1v) is 35.6. The van der Waals surface area contributed by atoms with E-state index in [-0.39, 0.29) is 24.9 Å². The second-order valence-electron chi connectivity index (χ2n) is 24.3. The molecule has 80 heavy (non-hydrogen) atoms. The molecule has 3 unspecified atom stereocenters. The van der Waals surface area contributed by atoms with Crippen molar-refractivity contribution in [2.24, 2.45) is 0 Å². The third-order valence-electron chi connectivity index (χ3n) is 15.2. The van der Waals surface area contributed by atoms with Gasteiger partial charge in [0.2, 0.25) is 5.91 Å². The van der Waals surface area contributed by atoms with E-state index in [0.717, 1.165) is 77.0 Å². The minimum Gasteiger partial charge on any atom is -0.756 e. The molecule has 0 bridgehead atoms. The van der Waals surface area contributed by atoms with Gasteiger partial charge in [-0.15, -0.1) is 0 Å². The highest BCUT2D eigenvalue weighted by molar-refractivity contribution is 7.45. The maximum absolute atomic E-state index is 13.5. The summed E-state index contributed by atoms with van der Waals surface area (Å²) < 4.78 is 30.4. The fourth-order valence-corrected chi connectivity index (χ4v) is 10.6. The Morgan fingerprint density at radius 2 is 0.762 bits per heavy atom. The summed E-state index contributed by atoms with van der Waals surface area (Å²) in [5, 5.41) is 3.02. The fourth-order valence-electron chi connectivity index (χ4n) is 9.88. The number of hydrogen-bond acceptors (Lipinski definition) is 7. The highest BCUT2D eigenvalue weighted by atomic mass is 31.2. The third-order valence-corrected chi connectivity index (χ3v) is 16.1. The van der Waals surface area contributed by atoms with Crippen LogP contribution in [0.15, 0.2) is 60.8 Å². The quantitative estimate of drug-likeness (QED) is 0.0212. The average molecular weight is 1140 g/mol. The van der Waals surface area contributed by atoms with Crippen LogP contribution in [0.4, 0.5) is 0 Å².